The maximum absolute atomic E-state index is 4.34. The van der Waals surface area contributed by atoms with Crippen LogP contribution in [0.2, 0.25) is 0 Å². The molecule has 0 N–H and O–H groups in total. The Morgan fingerprint density at radius 2 is 2.27 bits per heavy atom. The van der Waals surface area contributed by atoms with Crippen molar-refractivity contribution in [2.75, 3.05) is 0 Å². The molecule has 1 fully saturated rings. The van der Waals surface area contributed by atoms with Crippen LogP contribution in [-0.2, 0) is 0 Å². The number of hydrogen-bond acceptors (Lipinski definition) is 1. The predicted molar refractivity (Wildman–Crippen MR) is 44.6 cm³/mol. The number of imidazole rings is 1. The lowest BCUT2D eigenvalue weighted by Crippen LogP contribution is -2.01. The molecule has 0 saturated heterocycles. The second-order valence-electron chi connectivity index (χ2n) is 3.58. The van der Waals surface area contributed by atoms with E-state index in [2.05, 4.69) is 29.6 Å². The second-order valence-corrected chi connectivity index (χ2v) is 3.58. The summed E-state index contributed by atoms with van der Waals surface area (Å²) in [6, 6.07) is 0.773. The largest absolute Gasteiger partial charge is 0.332 e. The van der Waals surface area contributed by atoms with Crippen molar-refractivity contribution < 1.29 is 0 Å². The lowest BCUT2D eigenvalue weighted by Gasteiger charge is -2.07. The van der Waals surface area contributed by atoms with Gasteiger partial charge >= 0.3 is 0 Å². The summed E-state index contributed by atoms with van der Waals surface area (Å²) >= 11 is 0. The van der Waals surface area contributed by atoms with Crippen molar-refractivity contribution in [3.63, 3.8) is 0 Å². The van der Waals surface area contributed by atoms with Gasteiger partial charge in [-0.1, -0.05) is 13.8 Å². The Kier molecular flexibility index (Phi) is 1.48. The smallest absolute Gasteiger partial charge is 0.111 e. The molecule has 1 heterocycles. The number of rotatable bonds is 2. The zero-order valence-corrected chi connectivity index (χ0v) is 7.12. The maximum Gasteiger partial charge on any atom is 0.111 e. The van der Waals surface area contributed by atoms with E-state index < -0.39 is 0 Å². The molecule has 1 aromatic rings. The fraction of sp³-hybridized carbons (Fsp3) is 0.667. The molecule has 11 heavy (non-hydrogen) atoms. The molecule has 1 aromatic heterocycles. The standard InChI is InChI=1S/C9H14N2/c1-7(2)9-10-5-6-11(9)8-3-4-8/h5-8H,3-4H2,1-2H3. The van der Waals surface area contributed by atoms with Crippen LogP contribution >= 0.6 is 0 Å². The SMILES string of the molecule is CC(C)c1nccn1C1CC1. The molecule has 0 bridgehead atoms. The Bertz CT molecular complexity index is 229. The molecule has 0 aliphatic heterocycles. The Hall–Kier alpha value is -0.790. The minimum absolute atomic E-state index is 0.561. The lowest BCUT2D eigenvalue weighted by molar-refractivity contribution is 0.640. The van der Waals surface area contributed by atoms with Crippen LogP contribution in [0.3, 0.4) is 0 Å². The van der Waals surface area contributed by atoms with Gasteiger partial charge in [0.2, 0.25) is 0 Å². The Morgan fingerprint density at radius 3 is 2.82 bits per heavy atom. The summed E-state index contributed by atoms with van der Waals surface area (Å²) in [6.07, 6.45) is 6.70. The molecule has 1 aliphatic carbocycles. The molecule has 2 rings (SSSR count). The molecular formula is C9H14N2. The highest BCUT2D eigenvalue weighted by Crippen LogP contribution is 2.36. The molecule has 0 unspecified atom stereocenters. The number of aromatic nitrogens is 2. The molecule has 2 nitrogen and oxygen atoms in total. The van der Waals surface area contributed by atoms with Crippen LogP contribution in [0.15, 0.2) is 12.4 Å². The van der Waals surface area contributed by atoms with Gasteiger partial charge in [-0.15, -0.1) is 0 Å². The average Bonchev–Trinajstić information content (AvgIpc) is 2.68. The molecule has 60 valence electrons. The van der Waals surface area contributed by atoms with Crippen LogP contribution in [-0.4, -0.2) is 9.55 Å². The van der Waals surface area contributed by atoms with Gasteiger partial charge in [-0.2, -0.15) is 0 Å². The summed E-state index contributed by atoms with van der Waals surface area (Å²) < 4.78 is 2.32. The van der Waals surface area contributed by atoms with Crippen LogP contribution in [0.25, 0.3) is 0 Å². The van der Waals surface area contributed by atoms with Crippen molar-refractivity contribution in [3.8, 4) is 0 Å². The van der Waals surface area contributed by atoms with E-state index in [1.165, 1.54) is 18.7 Å². The van der Waals surface area contributed by atoms with Crippen LogP contribution in [0.5, 0.6) is 0 Å². The monoisotopic (exact) mass is 150 g/mol. The van der Waals surface area contributed by atoms with Crippen LogP contribution < -0.4 is 0 Å². The molecule has 2 heteroatoms. The third kappa shape index (κ3) is 1.17. The van der Waals surface area contributed by atoms with Crippen molar-refractivity contribution in [2.45, 2.75) is 38.6 Å². The Morgan fingerprint density at radius 1 is 1.55 bits per heavy atom. The summed E-state index contributed by atoms with van der Waals surface area (Å²) in [5.41, 5.74) is 0. The van der Waals surface area contributed by atoms with Gasteiger partial charge in [0, 0.05) is 24.4 Å². The van der Waals surface area contributed by atoms with E-state index in [-0.39, 0.29) is 0 Å². The van der Waals surface area contributed by atoms with E-state index in [1.807, 2.05) is 6.20 Å². The van der Waals surface area contributed by atoms with E-state index in [1.54, 1.807) is 0 Å². The first-order valence-corrected chi connectivity index (χ1v) is 4.32. The molecule has 0 amide bonds. The summed E-state index contributed by atoms with van der Waals surface area (Å²) in [6.45, 7) is 4.39. The highest BCUT2D eigenvalue weighted by Gasteiger charge is 2.25. The van der Waals surface area contributed by atoms with Gasteiger partial charge in [0.25, 0.3) is 0 Å². The van der Waals surface area contributed by atoms with Gasteiger partial charge in [-0.3, -0.25) is 0 Å². The molecule has 1 aliphatic rings. The van der Waals surface area contributed by atoms with Gasteiger partial charge in [0.1, 0.15) is 5.82 Å². The van der Waals surface area contributed by atoms with Crippen LogP contribution in [0.4, 0.5) is 0 Å². The van der Waals surface area contributed by atoms with Crippen molar-refractivity contribution in [1.82, 2.24) is 9.55 Å². The second kappa shape index (κ2) is 2.36. The van der Waals surface area contributed by atoms with Gasteiger partial charge in [0.05, 0.1) is 0 Å². The van der Waals surface area contributed by atoms with Crippen molar-refractivity contribution in [1.29, 1.82) is 0 Å². The first-order chi connectivity index (χ1) is 5.29. The molecule has 0 radical (unpaired) electrons. The first kappa shape index (κ1) is 6.89. The average molecular weight is 150 g/mol. The fourth-order valence-corrected chi connectivity index (χ4v) is 1.43. The molecule has 0 aromatic carbocycles. The predicted octanol–water partition coefficient (Wildman–Crippen LogP) is 2.34. The summed E-state index contributed by atoms with van der Waals surface area (Å²) in [4.78, 5) is 4.34. The zero-order chi connectivity index (χ0) is 7.84. The van der Waals surface area contributed by atoms with Crippen LogP contribution in [0.1, 0.15) is 44.5 Å². The quantitative estimate of drug-likeness (QED) is 0.632. The van der Waals surface area contributed by atoms with Crippen molar-refractivity contribution in [2.24, 2.45) is 0 Å². The van der Waals surface area contributed by atoms with E-state index in [0.29, 0.717) is 5.92 Å². The normalized spacial score (nSPS) is 17.7. The van der Waals surface area contributed by atoms with Gasteiger partial charge in [0.15, 0.2) is 0 Å². The van der Waals surface area contributed by atoms with E-state index >= 15 is 0 Å². The van der Waals surface area contributed by atoms with E-state index in [9.17, 15) is 0 Å². The van der Waals surface area contributed by atoms with E-state index in [0.717, 1.165) is 6.04 Å². The number of hydrogen-bond donors (Lipinski definition) is 0. The minimum atomic E-state index is 0.561. The highest BCUT2D eigenvalue weighted by molar-refractivity contribution is 5.02. The summed E-state index contributed by atoms with van der Waals surface area (Å²) in [7, 11) is 0. The topological polar surface area (TPSA) is 17.8 Å². The van der Waals surface area contributed by atoms with Crippen LogP contribution in [0, 0.1) is 0 Å². The third-order valence-corrected chi connectivity index (χ3v) is 2.16. The van der Waals surface area contributed by atoms with Crippen molar-refractivity contribution in [3.05, 3.63) is 18.2 Å². The Balaban J connectivity index is 2.30. The first-order valence-electron chi connectivity index (χ1n) is 4.32. The number of nitrogens with zero attached hydrogens (tertiary/aromatic N) is 2. The minimum Gasteiger partial charge on any atom is -0.332 e. The van der Waals surface area contributed by atoms with E-state index in [4.69, 9.17) is 0 Å². The maximum atomic E-state index is 4.34. The van der Waals surface area contributed by atoms with Gasteiger partial charge < -0.3 is 4.57 Å². The van der Waals surface area contributed by atoms with Crippen molar-refractivity contribution >= 4 is 0 Å². The molecule has 0 atom stereocenters. The molecular weight excluding hydrogens is 136 g/mol. The fourth-order valence-electron chi connectivity index (χ4n) is 1.43. The summed E-state index contributed by atoms with van der Waals surface area (Å²) in [5.74, 6) is 1.80. The molecule has 1 saturated carbocycles. The van der Waals surface area contributed by atoms with Gasteiger partial charge in [-0.25, -0.2) is 4.98 Å². The zero-order valence-electron chi connectivity index (χ0n) is 7.12. The van der Waals surface area contributed by atoms with Gasteiger partial charge in [-0.05, 0) is 12.8 Å². The lowest BCUT2D eigenvalue weighted by atomic mass is 10.2. The molecule has 0 spiro atoms. The highest BCUT2D eigenvalue weighted by atomic mass is 15.1. The summed E-state index contributed by atoms with van der Waals surface area (Å²) in [5, 5.41) is 0. The Labute approximate surface area is 67.3 Å². The third-order valence-electron chi connectivity index (χ3n) is 2.16.